The molecule has 0 N–H and O–H groups in total. The fraction of sp³-hybridized carbons (Fsp3) is 0.754. The summed E-state index contributed by atoms with van der Waals surface area (Å²) in [6, 6.07) is 4.15. The van der Waals surface area contributed by atoms with Gasteiger partial charge in [0.15, 0.2) is 0 Å². The predicted octanol–water partition coefficient (Wildman–Crippen LogP) is 18.3. The second-order valence-corrected chi connectivity index (χ2v) is 28.6. The Morgan fingerprint density at radius 2 is 1.21 bits per heavy atom. The molecule has 2 aromatic heterocycles. The average Bonchev–Trinajstić information content (AvgIpc) is 4.00. The summed E-state index contributed by atoms with van der Waals surface area (Å²) in [5.41, 5.74) is 3.99. The Kier molecular flexibility index (Phi) is 26.0. The normalized spacial score (nSPS) is 15.3. The summed E-state index contributed by atoms with van der Waals surface area (Å²) in [7, 11) is 0. The van der Waals surface area contributed by atoms with Gasteiger partial charge in [0.25, 0.3) is 0 Å². The van der Waals surface area contributed by atoms with Gasteiger partial charge in [-0.3, -0.25) is 0 Å². The van der Waals surface area contributed by atoms with E-state index in [1.165, 1.54) is 81.1 Å². The van der Waals surface area contributed by atoms with Crippen LogP contribution in [-0.2, 0) is 17.3 Å². The van der Waals surface area contributed by atoms with Crippen molar-refractivity contribution in [2.45, 2.75) is 233 Å². The van der Waals surface area contributed by atoms with Gasteiger partial charge in [-0.1, -0.05) is 113 Å². The molecule has 4 unspecified atom stereocenters. The molecule has 0 aliphatic carbocycles. The number of thiophene rings is 1. The van der Waals surface area contributed by atoms with Gasteiger partial charge >= 0.3 is 303 Å². The fourth-order valence-corrected chi connectivity index (χ4v) is 13.0. The number of aromatic nitrogens is 2. The van der Waals surface area contributed by atoms with Crippen molar-refractivity contribution in [2.24, 2.45) is 35.5 Å². The Morgan fingerprint density at radius 3 is 1.66 bits per heavy atom. The zero-order chi connectivity index (χ0) is 50.9. The van der Waals surface area contributed by atoms with Gasteiger partial charge < -0.3 is 0 Å². The quantitative estimate of drug-likeness (QED) is 0.0392. The van der Waals surface area contributed by atoms with Gasteiger partial charge in [0.2, 0.25) is 0 Å². The van der Waals surface area contributed by atoms with Crippen LogP contribution in [0.3, 0.4) is 0 Å². The molecule has 4 atom stereocenters. The van der Waals surface area contributed by atoms with Crippen LogP contribution in [0.25, 0.3) is 21.1 Å². The number of rotatable bonds is 24. The molecule has 0 saturated carbocycles. The molecule has 3 heterocycles. The number of nitrogens with zero attached hydrogens (tertiary/aromatic N) is 3. The van der Waals surface area contributed by atoms with Crippen LogP contribution in [0.1, 0.15) is 221 Å². The molecule has 1 aliphatic rings. The minimum absolute atomic E-state index is 0.0186. The molecule has 0 amide bonds. The monoisotopic (exact) mass is 1110 g/mol. The number of thioether (sulfide) groups is 1. The summed E-state index contributed by atoms with van der Waals surface area (Å²) >= 11 is 4.16. The summed E-state index contributed by atoms with van der Waals surface area (Å²) in [6.07, 6.45) is 17.2. The third kappa shape index (κ3) is 18.8. The third-order valence-corrected chi connectivity index (χ3v) is 17.1. The van der Waals surface area contributed by atoms with Crippen LogP contribution in [0.4, 0.5) is 5.69 Å². The molecule has 5 rings (SSSR count). The van der Waals surface area contributed by atoms with E-state index in [4.69, 9.17) is 17.4 Å². The zero-order valence-corrected chi connectivity index (χ0v) is 51.2. The number of nitro benzene ring substituents is 1. The zero-order valence-electron chi connectivity index (χ0n) is 46.1. The second kappa shape index (κ2) is 29.2. The van der Waals surface area contributed by atoms with Crippen molar-refractivity contribution in [3.63, 3.8) is 0 Å². The van der Waals surface area contributed by atoms with Gasteiger partial charge in [-0.05, 0) is 23.7 Å². The number of fused-ring (bicyclic) bond motifs is 3. The Bertz CT molecular complexity index is 2040. The molecule has 7 nitrogen and oxygen atoms in total. The molecule has 2 aromatic carbocycles. The molecule has 4 aromatic rings. The van der Waals surface area contributed by atoms with Crippen LogP contribution in [0, 0.1) is 45.6 Å². The molecule has 0 saturated heterocycles. The summed E-state index contributed by atoms with van der Waals surface area (Å²) in [6.45, 7) is 37.4. The van der Waals surface area contributed by atoms with E-state index < -0.39 is 5.41 Å². The Balaban J connectivity index is 0.000000761. The van der Waals surface area contributed by atoms with Crippen LogP contribution < -0.4 is 9.47 Å². The summed E-state index contributed by atoms with van der Waals surface area (Å²) < 4.78 is 24.8. The van der Waals surface area contributed by atoms with E-state index in [-0.39, 0.29) is 36.2 Å². The molecule has 0 spiro atoms. The molecule has 0 bridgehead atoms. The number of hydrogen-bond acceptors (Lipinski definition) is 8. The van der Waals surface area contributed by atoms with Crippen molar-refractivity contribution in [1.29, 1.82) is 0 Å². The topological polar surface area (TPSA) is 87.4 Å². The molecule has 0 radical (unpaired) electrons. The molecular formula is C57H95N3O4S2Se2. The number of ether oxygens (including phenoxy) is 2. The van der Waals surface area contributed by atoms with E-state index in [9.17, 15) is 10.1 Å². The predicted molar refractivity (Wildman–Crippen MR) is 301 cm³/mol. The van der Waals surface area contributed by atoms with Crippen LogP contribution in [-0.4, -0.2) is 56.0 Å². The average molecular weight is 1110 g/mol. The summed E-state index contributed by atoms with van der Waals surface area (Å²) in [5, 5.41) is 13.7. The second-order valence-electron chi connectivity index (χ2n) is 23.5. The van der Waals surface area contributed by atoms with Crippen LogP contribution >= 0.6 is 23.1 Å². The van der Waals surface area contributed by atoms with Crippen LogP contribution in [0.2, 0.25) is 11.6 Å². The Hall–Kier alpha value is -1.61. The van der Waals surface area contributed by atoms with Gasteiger partial charge in [0.05, 0.1) is 0 Å². The number of hydrogen-bond donors (Lipinski definition) is 0. The van der Waals surface area contributed by atoms with Gasteiger partial charge in [0, 0.05) is 0 Å². The SMILES string of the molecule is CC(C)CCCC(C)CCOc1c2c(c(OCCC(C)CCCC(C)C)c3sc(C(C)(C)C)cc13)CC(c1cc([N+](=O)[O-])c(C(C)(C)C)c3n[se]nc13)S2.CCCC(C)CCCC(C)C.C[Se]C. The van der Waals surface area contributed by atoms with Gasteiger partial charge in [0.1, 0.15) is 0 Å². The van der Waals surface area contributed by atoms with E-state index in [2.05, 4.69) is 108 Å². The first-order chi connectivity index (χ1) is 31.9. The minimum atomic E-state index is -0.439. The summed E-state index contributed by atoms with van der Waals surface area (Å²) in [5.74, 6) is 10.8. The number of nitro groups is 1. The molecule has 0 fully saturated rings. The van der Waals surface area contributed by atoms with Crippen LogP contribution in [0.5, 0.6) is 11.5 Å². The Labute approximate surface area is 436 Å². The van der Waals surface area contributed by atoms with Gasteiger partial charge in [-0.25, -0.2) is 0 Å². The van der Waals surface area contributed by atoms with Crippen molar-refractivity contribution < 1.29 is 14.4 Å². The van der Waals surface area contributed by atoms with Crippen molar-refractivity contribution in [2.75, 3.05) is 13.2 Å². The van der Waals surface area contributed by atoms with Crippen molar-refractivity contribution in [1.82, 2.24) is 7.96 Å². The fourth-order valence-electron chi connectivity index (χ4n) is 9.10. The maximum atomic E-state index is 12.6. The first-order valence-corrected chi connectivity index (χ1v) is 33.0. The first kappa shape index (κ1) is 60.7. The Morgan fingerprint density at radius 1 is 0.721 bits per heavy atom. The van der Waals surface area contributed by atoms with E-state index in [1.807, 2.05) is 38.2 Å². The van der Waals surface area contributed by atoms with Gasteiger partial charge in [-0.15, -0.1) is 0 Å². The molecular weight excluding hydrogens is 1010 g/mol. The molecule has 68 heavy (non-hydrogen) atoms. The van der Waals surface area contributed by atoms with E-state index >= 15 is 0 Å². The van der Waals surface area contributed by atoms with E-state index in [0.717, 1.165) is 89.0 Å². The first-order valence-electron chi connectivity index (χ1n) is 26.3. The molecule has 11 heteroatoms. The van der Waals surface area contributed by atoms with Crippen molar-refractivity contribution >= 4 is 79.8 Å². The van der Waals surface area contributed by atoms with Gasteiger partial charge in [-0.2, -0.15) is 0 Å². The molecule has 1 aliphatic heterocycles. The third-order valence-electron chi connectivity index (χ3n) is 13.1. The maximum absolute atomic E-state index is 12.6. The van der Waals surface area contributed by atoms with Crippen molar-refractivity contribution in [3.8, 4) is 11.5 Å². The van der Waals surface area contributed by atoms with E-state index in [0.29, 0.717) is 42.6 Å². The van der Waals surface area contributed by atoms with Crippen LogP contribution in [0.15, 0.2) is 17.0 Å². The standard InChI is InChI=1S/C44H65N3O4S2Se.C11H24.C2H6Se/c1-26(2)15-13-17-28(5)19-21-50-39-31-24-34(30-23-33(47(48)49)36(44(10,11)12)38-37(30)45-54-46-38)52-41(31)40(32-25-35(43(7,8)9)53-42(32)39)51-22-20-29(6)18-14-16-27(3)4;1-5-7-11(4)9-6-8-10(2)3;1-3-2/h23,25-29,34H,13-22,24H2,1-12H3;10-11H,5-9H2,1-4H3;1-2H3. The molecule has 386 valence electrons. The van der Waals surface area contributed by atoms with E-state index in [1.54, 1.807) is 11.8 Å². The summed E-state index contributed by atoms with van der Waals surface area (Å²) in [4.78, 5) is 14.8. The van der Waals surface area contributed by atoms with Crippen molar-refractivity contribution in [3.05, 3.63) is 43.8 Å². The number of benzene rings is 2.